The summed E-state index contributed by atoms with van der Waals surface area (Å²) in [5.41, 5.74) is 7.43. The molecule has 0 radical (unpaired) electrons. The van der Waals surface area contributed by atoms with Crippen LogP contribution >= 0.6 is 0 Å². The summed E-state index contributed by atoms with van der Waals surface area (Å²) in [6.45, 7) is 1.27. The van der Waals surface area contributed by atoms with Crippen LogP contribution in [-0.2, 0) is 9.47 Å². The van der Waals surface area contributed by atoms with Crippen molar-refractivity contribution < 1.29 is 14.2 Å². The van der Waals surface area contributed by atoms with Gasteiger partial charge in [-0.15, -0.1) is 0 Å². The molecular formula is C17H25N3O3. The van der Waals surface area contributed by atoms with Crippen molar-refractivity contribution in [2.75, 3.05) is 26.1 Å². The first-order chi connectivity index (χ1) is 11.2. The smallest absolute Gasteiger partial charge is 0.190 e. The number of hydrazine groups is 1. The fourth-order valence-corrected chi connectivity index (χ4v) is 3.49. The normalized spacial score (nSPS) is 23.5. The number of anilines is 1. The maximum atomic E-state index is 6.29. The molecule has 1 spiro atoms. The average Bonchev–Trinajstić information content (AvgIpc) is 3.01. The predicted octanol–water partition coefficient (Wildman–Crippen LogP) is 2.11. The van der Waals surface area contributed by atoms with Gasteiger partial charge in [0, 0.05) is 18.2 Å². The molecule has 1 heterocycles. The van der Waals surface area contributed by atoms with Gasteiger partial charge in [0.05, 0.1) is 32.1 Å². The van der Waals surface area contributed by atoms with E-state index in [0.29, 0.717) is 24.7 Å². The highest BCUT2D eigenvalue weighted by atomic mass is 16.7. The number of rotatable bonds is 4. The number of ether oxygens (including phenoxy) is 3. The highest BCUT2D eigenvalue weighted by Gasteiger charge is 2.47. The molecule has 6 heteroatoms. The van der Waals surface area contributed by atoms with Crippen LogP contribution in [0.2, 0.25) is 0 Å². The molecule has 4 N–H and O–H groups in total. The maximum Gasteiger partial charge on any atom is 0.190 e. The summed E-state index contributed by atoms with van der Waals surface area (Å²) in [6.07, 6.45) is 7.83. The van der Waals surface area contributed by atoms with E-state index in [1.165, 1.54) is 0 Å². The van der Waals surface area contributed by atoms with E-state index in [1.807, 2.05) is 30.5 Å². The van der Waals surface area contributed by atoms with E-state index < -0.39 is 5.79 Å². The second kappa shape index (κ2) is 6.78. The van der Waals surface area contributed by atoms with Gasteiger partial charge in [0.15, 0.2) is 5.79 Å². The zero-order valence-corrected chi connectivity index (χ0v) is 13.5. The Hall–Kier alpha value is -1.76. The van der Waals surface area contributed by atoms with Gasteiger partial charge in [-0.3, -0.25) is 0 Å². The molecule has 1 unspecified atom stereocenters. The standard InChI is InChI=1S/C17H25N3O3/c1-21-16-13(5-4-6-14(16)18)8-10-20(19)15-7-2-3-9-17(15)22-11-12-23-17/h4-6,8,10,15H,2-3,7,9,11-12,18-19H2,1H3/b10-8+. The van der Waals surface area contributed by atoms with Gasteiger partial charge in [-0.2, -0.15) is 0 Å². The fraction of sp³-hybridized carbons (Fsp3) is 0.529. The van der Waals surface area contributed by atoms with Crippen molar-refractivity contribution in [3.63, 3.8) is 0 Å². The average molecular weight is 319 g/mol. The summed E-state index contributed by atoms with van der Waals surface area (Å²) < 4.78 is 17.2. The van der Waals surface area contributed by atoms with Gasteiger partial charge < -0.3 is 25.0 Å². The summed E-state index contributed by atoms with van der Waals surface area (Å²) in [5, 5.41) is 1.70. The van der Waals surface area contributed by atoms with Crippen molar-refractivity contribution in [2.45, 2.75) is 37.5 Å². The van der Waals surface area contributed by atoms with Crippen LogP contribution < -0.4 is 16.3 Å². The van der Waals surface area contributed by atoms with Crippen molar-refractivity contribution in [3.8, 4) is 5.75 Å². The van der Waals surface area contributed by atoms with Crippen LogP contribution in [0.1, 0.15) is 31.2 Å². The van der Waals surface area contributed by atoms with E-state index in [0.717, 1.165) is 31.2 Å². The number of nitrogens with two attached hydrogens (primary N) is 2. The van der Waals surface area contributed by atoms with Crippen LogP contribution in [0.25, 0.3) is 6.08 Å². The molecule has 2 fully saturated rings. The number of hydrogen-bond acceptors (Lipinski definition) is 6. The Balaban J connectivity index is 1.78. The SMILES string of the molecule is COc1c(N)cccc1/C=C/N(N)C1CCCCC12OCCO2. The third kappa shape index (κ3) is 3.15. The quantitative estimate of drug-likeness (QED) is 0.502. The molecule has 0 bridgehead atoms. The number of para-hydroxylation sites is 1. The zero-order valence-electron chi connectivity index (χ0n) is 13.5. The molecule has 0 amide bonds. The first-order valence-electron chi connectivity index (χ1n) is 8.08. The number of methoxy groups -OCH3 is 1. The van der Waals surface area contributed by atoms with E-state index in [1.54, 1.807) is 12.1 Å². The summed E-state index contributed by atoms with van der Waals surface area (Å²) in [5.74, 6) is 6.39. The number of nitrogens with zero attached hydrogens (tertiary/aromatic N) is 1. The van der Waals surface area contributed by atoms with Gasteiger partial charge in [-0.05, 0) is 25.0 Å². The van der Waals surface area contributed by atoms with Crippen molar-refractivity contribution in [1.29, 1.82) is 0 Å². The first-order valence-corrected chi connectivity index (χ1v) is 8.08. The van der Waals surface area contributed by atoms with Gasteiger partial charge in [0.1, 0.15) is 5.75 Å². The molecule has 6 nitrogen and oxygen atoms in total. The molecule has 1 aliphatic heterocycles. The molecule has 1 saturated heterocycles. The first kappa shape index (κ1) is 16.1. The zero-order chi connectivity index (χ0) is 16.3. The Morgan fingerprint density at radius 3 is 2.83 bits per heavy atom. The highest BCUT2D eigenvalue weighted by Crippen LogP contribution is 2.38. The van der Waals surface area contributed by atoms with E-state index >= 15 is 0 Å². The van der Waals surface area contributed by atoms with Crippen LogP contribution in [-0.4, -0.2) is 37.2 Å². The van der Waals surface area contributed by atoms with Gasteiger partial charge in [0.2, 0.25) is 0 Å². The lowest BCUT2D eigenvalue weighted by atomic mass is 9.88. The Bertz CT molecular complexity index is 570. The van der Waals surface area contributed by atoms with Crippen LogP contribution in [0, 0.1) is 0 Å². The summed E-state index contributed by atoms with van der Waals surface area (Å²) >= 11 is 0. The Morgan fingerprint density at radius 1 is 1.30 bits per heavy atom. The minimum Gasteiger partial charge on any atom is -0.494 e. The lowest BCUT2D eigenvalue weighted by molar-refractivity contribution is -0.213. The molecule has 126 valence electrons. The molecule has 1 aromatic rings. The number of benzene rings is 1. The van der Waals surface area contributed by atoms with E-state index in [2.05, 4.69) is 0 Å². The Morgan fingerprint density at radius 2 is 2.09 bits per heavy atom. The third-order valence-corrected chi connectivity index (χ3v) is 4.60. The summed E-state index contributed by atoms with van der Waals surface area (Å²) in [7, 11) is 1.61. The Kier molecular flexibility index (Phi) is 4.75. The minimum absolute atomic E-state index is 0.0158. The maximum absolute atomic E-state index is 6.29. The van der Waals surface area contributed by atoms with Gasteiger partial charge in [0.25, 0.3) is 0 Å². The van der Waals surface area contributed by atoms with Gasteiger partial charge >= 0.3 is 0 Å². The largest absolute Gasteiger partial charge is 0.494 e. The number of hydrogen-bond donors (Lipinski definition) is 2. The van der Waals surface area contributed by atoms with Crippen LogP contribution in [0.4, 0.5) is 5.69 Å². The van der Waals surface area contributed by atoms with Gasteiger partial charge in [-0.1, -0.05) is 18.6 Å². The molecule has 1 aliphatic carbocycles. The second-order valence-corrected chi connectivity index (χ2v) is 6.00. The van der Waals surface area contributed by atoms with Crippen molar-refractivity contribution in [2.24, 2.45) is 5.84 Å². The number of nitrogen functional groups attached to an aromatic ring is 1. The summed E-state index contributed by atoms with van der Waals surface area (Å²) in [6, 6.07) is 5.66. The molecular weight excluding hydrogens is 294 g/mol. The van der Waals surface area contributed by atoms with E-state index in [4.69, 9.17) is 25.8 Å². The molecule has 1 saturated carbocycles. The monoisotopic (exact) mass is 319 g/mol. The second-order valence-electron chi connectivity index (χ2n) is 6.00. The minimum atomic E-state index is -0.558. The highest BCUT2D eigenvalue weighted by molar-refractivity contribution is 5.67. The Labute approximate surface area is 136 Å². The molecule has 1 aromatic carbocycles. The van der Waals surface area contributed by atoms with Crippen molar-refractivity contribution in [1.82, 2.24) is 5.01 Å². The third-order valence-electron chi connectivity index (χ3n) is 4.60. The lowest BCUT2D eigenvalue weighted by Crippen LogP contribution is -2.56. The molecule has 3 rings (SSSR count). The van der Waals surface area contributed by atoms with Crippen LogP contribution in [0.5, 0.6) is 5.75 Å². The van der Waals surface area contributed by atoms with Crippen LogP contribution in [0.3, 0.4) is 0 Å². The van der Waals surface area contributed by atoms with E-state index in [9.17, 15) is 0 Å². The molecule has 0 aromatic heterocycles. The molecule has 2 aliphatic rings. The van der Waals surface area contributed by atoms with Crippen molar-refractivity contribution in [3.05, 3.63) is 30.0 Å². The van der Waals surface area contributed by atoms with Crippen LogP contribution in [0.15, 0.2) is 24.4 Å². The molecule has 1 atom stereocenters. The summed E-state index contributed by atoms with van der Waals surface area (Å²) in [4.78, 5) is 0. The van der Waals surface area contributed by atoms with Crippen molar-refractivity contribution >= 4 is 11.8 Å². The lowest BCUT2D eigenvalue weighted by Gasteiger charge is -2.43. The molecule has 23 heavy (non-hydrogen) atoms. The van der Waals surface area contributed by atoms with Gasteiger partial charge in [-0.25, -0.2) is 5.84 Å². The fourth-order valence-electron chi connectivity index (χ4n) is 3.49. The van der Waals surface area contributed by atoms with E-state index in [-0.39, 0.29) is 6.04 Å². The predicted molar refractivity (Wildman–Crippen MR) is 89.4 cm³/mol. The topological polar surface area (TPSA) is 83.0 Å².